The molecule has 0 N–H and O–H groups in total. The third kappa shape index (κ3) is 1.93. The average Bonchev–Trinajstić information content (AvgIpc) is 3.03. The van der Waals surface area contributed by atoms with Crippen LogP contribution in [0.2, 0.25) is 10.3 Å². The topological polar surface area (TPSA) is 69.0 Å². The Labute approximate surface area is 124 Å². The van der Waals surface area contributed by atoms with Crippen LogP contribution in [-0.4, -0.2) is 44.2 Å². The SMILES string of the molecule is Clc1cc(Cl)nc(N2C[C@@H]3OCc4cnnn4[C@H]3C2)n1. The predicted octanol–water partition coefficient (Wildman–Crippen LogP) is 1.33. The zero-order valence-electron chi connectivity index (χ0n) is 10.3. The van der Waals surface area contributed by atoms with Crippen molar-refractivity contribution < 1.29 is 4.74 Å². The van der Waals surface area contributed by atoms with Crippen LogP contribution >= 0.6 is 23.2 Å². The van der Waals surface area contributed by atoms with Crippen LogP contribution < -0.4 is 4.90 Å². The molecule has 2 aliphatic rings. The third-order valence-electron chi connectivity index (χ3n) is 3.58. The monoisotopic (exact) mass is 312 g/mol. The fourth-order valence-electron chi connectivity index (χ4n) is 2.68. The molecule has 0 saturated carbocycles. The van der Waals surface area contributed by atoms with Gasteiger partial charge in [0.05, 0.1) is 30.6 Å². The van der Waals surface area contributed by atoms with Gasteiger partial charge in [-0.1, -0.05) is 28.4 Å². The molecular formula is C11H10Cl2N6O. The van der Waals surface area contributed by atoms with Crippen molar-refractivity contribution in [3.63, 3.8) is 0 Å². The van der Waals surface area contributed by atoms with E-state index in [4.69, 9.17) is 27.9 Å². The molecular weight excluding hydrogens is 303 g/mol. The molecule has 0 unspecified atom stereocenters. The molecule has 9 heteroatoms. The molecule has 2 aromatic heterocycles. The van der Waals surface area contributed by atoms with Crippen molar-refractivity contribution in [1.82, 2.24) is 25.0 Å². The second kappa shape index (κ2) is 4.54. The Hall–Kier alpha value is -1.44. The normalized spacial score (nSPS) is 24.6. The van der Waals surface area contributed by atoms with E-state index in [0.717, 1.165) is 5.69 Å². The Morgan fingerprint density at radius 2 is 2.00 bits per heavy atom. The van der Waals surface area contributed by atoms with E-state index in [0.29, 0.717) is 36.0 Å². The maximum absolute atomic E-state index is 5.92. The van der Waals surface area contributed by atoms with Crippen LogP contribution in [0.5, 0.6) is 0 Å². The molecule has 2 atom stereocenters. The molecule has 2 aromatic rings. The Balaban J connectivity index is 1.65. The van der Waals surface area contributed by atoms with Gasteiger partial charge in [-0.2, -0.15) is 0 Å². The molecule has 0 spiro atoms. The summed E-state index contributed by atoms with van der Waals surface area (Å²) in [6, 6.07) is 1.63. The molecule has 4 heterocycles. The Morgan fingerprint density at radius 1 is 1.20 bits per heavy atom. The summed E-state index contributed by atoms with van der Waals surface area (Å²) in [6.45, 7) is 1.90. The van der Waals surface area contributed by atoms with Gasteiger partial charge in [0.25, 0.3) is 0 Å². The van der Waals surface area contributed by atoms with Gasteiger partial charge in [-0.25, -0.2) is 14.6 Å². The molecule has 0 bridgehead atoms. The van der Waals surface area contributed by atoms with Crippen LogP contribution in [0, 0.1) is 0 Å². The van der Waals surface area contributed by atoms with Gasteiger partial charge in [0, 0.05) is 19.2 Å². The van der Waals surface area contributed by atoms with Crippen molar-refractivity contribution in [2.75, 3.05) is 18.0 Å². The van der Waals surface area contributed by atoms with Gasteiger partial charge < -0.3 is 9.64 Å². The fourth-order valence-corrected chi connectivity index (χ4v) is 3.09. The molecule has 1 fully saturated rings. The lowest BCUT2D eigenvalue weighted by molar-refractivity contribution is -0.00255. The maximum atomic E-state index is 5.92. The minimum absolute atomic E-state index is 0.0468. The lowest BCUT2D eigenvalue weighted by atomic mass is 10.2. The van der Waals surface area contributed by atoms with Crippen molar-refractivity contribution in [2.45, 2.75) is 18.8 Å². The first-order valence-electron chi connectivity index (χ1n) is 6.16. The van der Waals surface area contributed by atoms with Crippen LogP contribution in [0.25, 0.3) is 0 Å². The highest BCUT2D eigenvalue weighted by Crippen LogP contribution is 2.32. The first kappa shape index (κ1) is 12.3. The minimum atomic E-state index is 0.0468. The summed E-state index contributed by atoms with van der Waals surface area (Å²) in [5.41, 5.74) is 0.984. The molecule has 20 heavy (non-hydrogen) atoms. The number of rotatable bonds is 1. The summed E-state index contributed by atoms with van der Waals surface area (Å²) >= 11 is 11.8. The van der Waals surface area contributed by atoms with Crippen LogP contribution in [0.4, 0.5) is 5.95 Å². The van der Waals surface area contributed by atoms with Crippen LogP contribution in [0.3, 0.4) is 0 Å². The molecule has 1 saturated heterocycles. The smallest absolute Gasteiger partial charge is 0.228 e. The Kier molecular flexibility index (Phi) is 2.80. The third-order valence-corrected chi connectivity index (χ3v) is 3.97. The van der Waals surface area contributed by atoms with E-state index in [1.165, 1.54) is 6.07 Å². The van der Waals surface area contributed by atoms with E-state index in [2.05, 4.69) is 20.3 Å². The molecule has 4 rings (SSSR count). The number of halogens is 2. The number of anilines is 1. The summed E-state index contributed by atoms with van der Waals surface area (Å²) in [4.78, 5) is 10.4. The van der Waals surface area contributed by atoms with Crippen molar-refractivity contribution in [3.05, 3.63) is 28.3 Å². The highest BCUT2D eigenvalue weighted by atomic mass is 35.5. The van der Waals surface area contributed by atoms with Crippen LogP contribution in [-0.2, 0) is 11.3 Å². The van der Waals surface area contributed by atoms with E-state index in [9.17, 15) is 0 Å². The van der Waals surface area contributed by atoms with Crippen molar-refractivity contribution in [3.8, 4) is 0 Å². The lowest BCUT2D eigenvalue weighted by Gasteiger charge is -2.25. The first-order valence-corrected chi connectivity index (χ1v) is 6.92. The number of ether oxygens (including phenoxy) is 1. The van der Waals surface area contributed by atoms with Gasteiger partial charge in [-0.15, -0.1) is 5.10 Å². The highest BCUT2D eigenvalue weighted by Gasteiger charge is 2.40. The molecule has 0 aromatic carbocycles. The predicted molar refractivity (Wildman–Crippen MR) is 71.9 cm³/mol. The fraction of sp³-hybridized carbons (Fsp3) is 0.455. The quantitative estimate of drug-likeness (QED) is 0.740. The highest BCUT2D eigenvalue weighted by molar-refractivity contribution is 6.33. The lowest BCUT2D eigenvalue weighted by Crippen LogP contribution is -2.32. The van der Waals surface area contributed by atoms with Gasteiger partial charge in [0.15, 0.2) is 0 Å². The second-order valence-electron chi connectivity index (χ2n) is 4.81. The zero-order chi connectivity index (χ0) is 13.7. The molecule has 104 valence electrons. The number of fused-ring (bicyclic) bond motifs is 3. The molecule has 2 aliphatic heterocycles. The van der Waals surface area contributed by atoms with Gasteiger partial charge in [-0.05, 0) is 0 Å². The van der Waals surface area contributed by atoms with E-state index >= 15 is 0 Å². The molecule has 0 aliphatic carbocycles. The van der Waals surface area contributed by atoms with Gasteiger partial charge in [0.2, 0.25) is 5.95 Å². The van der Waals surface area contributed by atoms with Crippen molar-refractivity contribution in [2.24, 2.45) is 0 Å². The zero-order valence-corrected chi connectivity index (χ0v) is 11.8. The van der Waals surface area contributed by atoms with Gasteiger partial charge in [0.1, 0.15) is 10.3 Å². The van der Waals surface area contributed by atoms with Crippen LogP contribution in [0.1, 0.15) is 11.7 Å². The summed E-state index contributed by atoms with van der Waals surface area (Å²) in [6.07, 6.45) is 1.77. The summed E-state index contributed by atoms with van der Waals surface area (Å²) in [5.74, 6) is 0.516. The number of aromatic nitrogens is 5. The number of hydrogen-bond donors (Lipinski definition) is 0. The van der Waals surface area contributed by atoms with Crippen molar-refractivity contribution in [1.29, 1.82) is 0 Å². The average molecular weight is 313 g/mol. The Morgan fingerprint density at radius 3 is 2.80 bits per heavy atom. The molecule has 7 nitrogen and oxygen atoms in total. The van der Waals surface area contributed by atoms with Crippen molar-refractivity contribution >= 4 is 29.2 Å². The standard InChI is InChI=1S/C11H10Cl2N6O/c12-9-1-10(13)16-11(15-9)18-3-7-8(4-18)20-5-6-2-14-17-19(6)7/h1-2,7-8H,3-5H2/t7-,8-/m0/s1. The van der Waals surface area contributed by atoms with E-state index in [-0.39, 0.29) is 12.1 Å². The summed E-state index contributed by atoms with van der Waals surface area (Å²) in [7, 11) is 0. The van der Waals surface area contributed by atoms with E-state index in [1.807, 2.05) is 9.58 Å². The van der Waals surface area contributed by atoms with E-state index < -0.39 is 0 Å². The number of hydrogen-bond acceptors (Lipinski definition) is 6. The molecule has 0 radical (unpaired) electrons. The minimum Gasteiger partial charge on any atom is -0.368 e. The van der Waals surface area contributed by atoms with E-state index in [1.54, 1.807) is 6.20 Å². The maximum Gasteiger partial charge on any atom is 0.228 e. The second-order valence-corrected chi connectivity index (χ2v) is 5.58. The summed E-state index contributed by atoms with van der Waals surface area (Å²) in [5, 5.41) is 8.72. The largest absolute Gasteiger partial charge is 0.368 e. The van der Waals surface area contributed by atoms with Gasteiger partial charge >= 0.3 is 0 Å². The summed E-state index contributed by atoms with van der Waals surface area (Å²) < 4.78 is 7.75. The molecule has 0 amide bonds. The Bertz CT molecular complexity index is 642. The first-order chi connectivity index (χ1) is 9.70. The van der Waals surface area contributed by atoms with Gasteiger partial charge in [-0.3, -0.25) is 0 Å². The van der Waals surface area contributed by atoms with Crippen LogP contribution in [0.15, 0.2) is 12.3 Å². The number of nitrogens with zero attached hydrogens (tertiary/aromatic N) is 6.